The largest absolute Gasteiger partial charge is 0.497 e. The maximum Gasteiger partial charge on any atom is 0.234 e. The van der Waals surface area contributed by atoms with Crippen molar-refractivity contribution >= 4 is 34.7 Å². The average Bonchev–Trinajstić information content (AvgIpc) is 3.42. The van der Waals surface area contributed by atoms with Crippen LogP contribution >= 0.6 is 23.1 Å². The van der Waals surface area contributed by atoms with Gasteiger partial charge in [0.1, 0.15) is 5.75 Å². The molecule has 168 valence electrons. The fraction of sp³-hybridized carbons (Fsp3) is 0.160. The lowest BCUT2D eigenvalue weighted by molar-refractivity contribution is -0.113. The molecule has 4 aromatic rings. The monoisotopic (exact) mass is 476 g/mol. The number of allylic oxidation sites excluding steroid dienone is 1. The summed E-state index contributed by atoms with van der Waals surface area (Å²) in [6, 6.07) is 17.5. The Bertz CT molecular complexity index is 1250. The molecule has 0 aliphatic rings. The van der Waals surface area contributed by atoms with Crippen molar-refractivity contribution in [3.63, 3.8) is 0 Å². The Morgan fingerprint density at radius 1 is 1.18 bits per heavy atom. The van der Waals surface area contributed by atoms with Crippen LogP contribution in [0.5, 0.6) is 5.75 Å². The number of benzene rings is 2. The van der Waals surface area contributed by atoms with E-state index in [1.54, 1.807) is 18.4 Å². The Morgan fingerprint density at radius 2 is 1.94 bits per heavy atom. The van der Waals surface area contributed by atoms with Crippen LogP contribution in [0.15, 0.2) is 77.8 Å². The van der Waals surface area contributed by atoms with E-state index in [4.69, 9.17) is 4.74 Å². The number of anilines is 1. The maximum atomic E-state index is 12.5. The molecule has 0 saturated carbocycles. The minimum Gasteiger partial charge on any atom is -0.497 e. The molecule has 0 atom stereocenters. The first-order chi connectivity index (χ1) is 16.1. The smallest absolute Gasteiger partial charge is 0.234 e. The number of ether oxygens (including phenoxy) is 1. The number of nitrogens with one attached hydrogen (secondary N) is 1. The van der Waals surface area contributed by atoms with Gasteiger partial charge in [0, 0.05) is 33.6 Å². The normalized spacial score (nSPS) is 10.7. The number of hydrogen-bond acceptors (Lipinski definition) is 6. The molecule has 6 nitrogen and oxygen atoms in total. The van der Waals surface area contributed by atoms with E-state index < -0.39 is 0 Å². The molecule has 2 heterocycles. The molecule has 0 aliphatic carbocycles. The summed E-state index contributed by atoms with van der Waals surface area (Å²) < 4.78 is 7.16. The lowest BCUT2D eigenvalue weighted by Crippen LogP contribution is -2.14. The molecule has 0 fully saturated rings. The van der Waals surface area contributed by atoms with E-state index >= 15 is 0 Å². The molecule has 1 N–H and O–H groups in total. The predicted molar refractivity (Wildman–Crippen MR) is 136 cm³/mol. The van der Waals surface area contributed by atoms with Crippen molar-refractivity contribution in [1.82, 2.24) is 14.8 Å². The first kappa shape index (κ1) is 22.8. The molecule has 2 aromatic heterocycles. The first-order valence-electron chi connectivity index (χ1n) is 10.4. The number of carbonyl (C=O) groups excluding carboxylic acids is 1. The van der Waals surface area contributed by atoms with E-state index in [0.717, 1.165) is 34.0 Å². The fourth-order valence-electron chi connectivity index (χ4n) is 3.47. The van der Waals surface area contributed by atoms with Gasteiger partial charge >= 0.3 is 0 Å². The van der Waals surface area contributed by atoms with Crippen LogP contribution in [0.1, 0.15) is 4.88 Å². The third-order valence-corrected chi connectivity index (χ3v) is 6.89. The van der Waals surface area contributed by atoms with E-state index in [1.165, 1.54) is 16.6 Å². The summed E-state index contributed by atoms with van der Waals surface area (Å²) in [4.78, 5) is 13.7. The van der Waals surface area contributed by atoms with Gasteiger partial charge in [-0.1, -0.05) is 48.2 Å². The quantitative estimate of drug-likeness (QED) is 0.240. The van der Waals surface area contributed by atoms with Gasteiger partial charge in [0.15, 0.2) is 11.0 Å². The highest BCUT2D eigenvalue weighted by atomic mass is 32.2. The summed E-state index contributed by atoms with van der Waals surface area (Å²) in [5, 5.41) is 14.6. The molecule has 0 spiro atoms. The highest BCUT2D eigenvalue weighted by Gasteiger charge is 2.20. The maximum absolute atomic E-state index is 12.5. The lowest BCUT2D eigenvalue weighted by Gasteiger charge is -2.10. The second kappa shape index (κ2) is 10.5. The average molecular weight is 477 g/mol. The van der Waals surface area contributed by atoms with Crippen molar-refractivity contribution in [3.8, 4) is 28.3 Å². The number of aryl methyl sites for hydroxylation is 1. The minimum atomic E-state index is -0.115. The Morgan fingerprint density at radius 3 is 2.64 bits per heavy atom. The third-order valence-electron chi connectivity index (χ3n) is 5.01. The number of aromatic nitrogens is 3. The van der Waals surface area contributed by atoms with E-state index in [-0.39, 0.29) is 11.7 Å². The number of rotatable bonds is 9. The molecule has 4 rings (SSSR count). The number of methoxy groups -OCH3 is 1. The molecule has 0 bridgehead atoms. The van der Waals surface area contributed by atoms with Crippen LogP contribution in [0.3, 0.4) is 0 Å². The van der Waals surface area contributed by atoms with Crippen LogP contribution in [-0.2, 0) is 11.3 Å². The number of thioether (sulfide) groups is 1. The molecular formula is C25H24N4O2S2. The van der Waals surface area contributed by atoms with Gasteiger partial charge in [-0.15, -0.1) is 28.1 Å². The summed E-state index contributed by atoms with van der Waals surface area (Å²) in [6.07, 6.45) is 1.82. The minimum absolute atomic E-state index is 0.115. The zero-order valence-corrected chi connectivity index (χ0v) is 20.1. The van der Waals surface area contributed by atoms with Crippen LogP contribution in [0.2, 0.25) is 0 Å². The van der Waals surface area contributed by atoms with Crippen molar-refractivity contribution in [2.45, 2.75) is 18.6 Å². The van der Waals surface area contributed by atoms with Crippen molar-refractivity contribution in [2.24, 2.45) is 0 Å². The van der Waals surface area contributed by atoms with Crippen LogP contribution in [0, 0.1) is 6.92 Å². The molecule has 8 heteroatoms. The molecular weight excluding hydrogens is 452 g/mol. The van der Waals surface area contributed by atoms with Crippen molar-refractivity contribution in [2.75, 3.05) is 18.2 Å². The van der Waals surface area contributed by atoms with E-state index in [9.17, 15) is 4.79 Å². The topological polar surface area (TPSA) is 69.0 Å². The van der Waals surface area contributed by atoms with Gasteiger partial charge in [0.2, 0.25) is 5.91 Å². The van der Waals surface area contributed by atoms with Crippen molar-refractivity contribution < 1.29 is 9.53 Å². The Balaban J connectivity index is 1.54. The molecule has 0 radical (unpaired) electrons. The first-order valence-corrected chi connectivity index (χ1v) is 12.2. The van der Waals surface area contributed by atoms with Crippen LogP contribution in [0.25, 0.3) is 22.5 Å². The fourth-order valence-corrected chi connectivity index (χ4v) is 5.08. The second-order valence-corrected chi connectivity index (χ2v) is 9.24. The van der Waals surface area contributed by atoms with Crippen molar-refractivity contribution in [3.05, 3.63) is 77.5 Å². The molecule has 1 amide bonds. The molecule has 0 unspecified atom stereocenters. The van der Waals surface area contributed by atoms with Gasteiger partial charge < -0.3 is 10.1 Å². The standard InChI is InChI=1S/C25H24N4O2S2/c1-4-14-29-24(21-15-32-17(2)23(21)18-8-6-5-7-9-18)27-28-25(29)33-16-22(30)26-19-10-12-20(31-3)13-11-19/h4-13,15H,1,14,16H2,2-3H3,(H,26,30). The highest BCUT2D eigenvalue weighted by molar-refractivity contribution is 7.99. The Kier molecular flexibility index (Phi) is 7.26. The number of nitrogens with zero attached hydrogens (tertiary/aromatic N) is 3. The summed E-state index contributed by atoms with van der Waals surface area (Å²) in [7, 11) is 1.61. The Hall–Kier alpha value is -3.36. The van der Waals surface area contributed by atoms with E-state index in [2.05, 4.69) is 46.5 Å². The van der Waals surface area contributed by atoms with Crippen LogP contribution in [0.4, 0.5) is 5.69 Å². The van der Waals surface area contributed by atoms with Gasteiger partial charge in [0.25, 0.3) is 0 Å². The van der Waals surface area contributed by atoms with Gasteiger partial charge in [-0.3, -0.25) is 9.36 Å². The number of hydrogen-bond donors (Lipinski definition) is 1. The molecule has 2 aromatic carbocycles. The zero-order chi connectivity index (χ0) is 23.2. The zero-order valence-electron chi connectivity index (χ0n) is 18.4. The second-order valence-electron chi connectivity index (χ2n) is 7.22. The lowest BCUT2D eigenvalue weighted by atomic mass is 10.0. The summed E-state index contributed by atoms with van der Waals surface area (Å²) in [5.74, 6) is 1.62. The van der Waals surface area contributed by atoms with Gasteiger partial charge in [-0.05, 0) is 36.8 Å². The van der Waals surface area contributed by atoms with E-state index in [1.807, 2.05) is 53.1 Å². The number of thiophene rings is 1. The summed E-state index contributed by atoms with van der Waals surface area (Å²) in [5.41, 5.74) is 4.06. The number of carbonyl (C=O) groups is 1. The predicted octanol–water partition coefficient (Wildman–Crippen LogP) is 5.91. The van der Waals surface area contributed by atoms with Gasteiger partial charge in [-0.25, -0.2) is 0 Å². The highest BCUT2D eigenvalue weighted by Crippen LogP contribution is 2.39. The third kappa shape index (κ3) is 5.18. The molecule has 0 aliphatic heterocycles. The van der Waals surface area contributed by atoms with E-state index in [0.29, 0.717) is 11.7 Å². The number of amides is 1. The van der Waals surface area contributed by atoms with Gasteiger partial charge in [0.05, 0.1) is 12.9 Å². The summed E-state index contributed by atoms with van der Waals surface area (Å²) in [6.45, 7) is 6.55. The molecule has 33 heavy (non-hydrogen) atoms. The Labute approximate surface area is 201 Å². The summed E-state index contributed by atoms with van der Waals surface area (Å²) >= 11 is 3.05. The van der Waals surface area contributed by atoms with Crippen molar-refractivity contribution in [1.29, 1.82) is 0 Å². The van der Waals surface area contributed by atoms with Crippen LogP contribution < -0.4 is 10.1 Å². The SMILES string of the molecule is C=CCn1c(SCC(=O)Nc2ccc(OC)cc2)nnc1-c1csc(C)c1-c1ccccc1. The van der Waals surface area contributed by atoms with Gasteiger partial charge in [-0.2, -0.15) is 0 Å². The molecule has 0 saturated heterocycles. The van der Waals surface area contributed by atoms with Crippen LogP contribution in [-0.4, -0.2) is 33.5 Å².